The van der Waals surface area contributed by atoms with E-state index in [-0.39, 0.29) is 33.5 Å². The Hall–Kier alpha value is -0.400. The molecule has 0 radical (unpaired) electrons. The molecule has 0 aromatic carbocycles. The lowest BCUT2D eigenvalue weighted by atomic mass is 10.1. The first kappa shape index (κ1) is 19.6. The van der Waals surface area contributed by atoms with Crippen LogP contribution in [0, 0.1) is 0 Å². The van der Waals surface area contributed by atoms with Gasteiger partial charge in [0, 0.05) is 6.42 Å². The summed E-state index contributed by atoms with van der Waals surface area (Å²) in [6, 6.07) is 0. The van der Waals surface area contributed by atoms with Gasteiger partial charge in [-0.2, -0.15) is 8.42 Å². The van der Waals surface area contributed by atoms with Gasteiger partial charge in [-0.3, -0.25) is 14.1 Å². The van der Waals surface area contributed by atoms with E-state index in [1.54, 1.807) is 0 Å². The molecule has 128 valence electrons. The van der Waals surface area contributed by atoms with Crippen molar-refractivity contribution in [1.82, 2.24) is 0 Å². The number of rotatable bonds is 10. The molecule has 0 bridgehead atoms. The predicted octanol–water partition coefficient (Wildman–Crippen LogP) is 2.15. The lowest BCUT2D eigenvalue weighted by Gasteiger charge is -2.21. The molecule has 7 heteroatoms. The van der Waals surface area contributed by atoms with E-state index in [1.807, 2.05) is 6.92 Å². The molecule has 1 heterocycles. The molecule has 1 rings (SSSR count). The largest absolute Gasteiger partial charge is 0.300 e. The van der Waals surface area contributed by atoms with Gasteiger partial charge in [-0.05, 0) is 30.2 Å². The quantitative estimate of drug-likeness (QED) is 0.481. The molecule has 1 saturated heterocycles. The number of Topliss-reactive ketones (excluding diaryl/α,β-unsaturated/α-hetero) is 2. The highest BCUT2D eigenvalue weighted by atomic mass is 32.2. The Kier molecular flexibility index (Phi) is 8.64. The Morgan fingerprint density at radius 2 is 1.91 bits per heavy atom. The first-order valence-corrected chi connectivity index (χ1v) is 11.2. The van der Waals surface area contributed by atoms with Gasteiger partial charge in [0.05, 0.1) is 25.0 Å². The number of hydrogen-bond acceptors (Lipinski definition) is 4. The molecule has 0 saturated carbocycles. The molecule has 22 heavy (non-hydrogen) atoms. The maximum atomic E-state index is 12.0. The molecule has 5 nitrogen and oxygen atoms in total. The normalized spacial score (nSPS) is 18.4. The number of unbranched alkanes of at least 4 members (excludes halogenated alkanes) is 1. The molecule has 1 fully saturated rings. The van der Waals surface area contributed by atoms with E-state index < -0.39 is 10.1 Å². The number of carbonyl (C=O) groups is 2. The summed E-state index contributed by atoms with van der Waals surface area (Å²) in [5, 5.41) is 0.166. The molecule has 0 amide bonds. The van der Waals surface area contributed by atoms with Crippen LogP contribution in [-0.4, -0.2) is 47.0 Å². The van der Waals surface area contributed by atoms with Gasteiger partial charge in [0.25, 0.3) is 10.1 Å². The van der Waals surface area contributed by atoms with Crippen molar-refractivity contribution in [1.29, 1.82) is 0 Å². The highest BCUT2D eigenvalue weighted by Gasteiger charge is 2.35. The summed E-state index contributed by atoms with van der Waals surface area (Å²) in [4.78, 5) is 23.4. The fraction of sp³-hybridized carbons (Fsp3) is 0.867. The lowest BCUT2D eigenvalue weighted by molar-refractivity contribution is -0.119. The summed E-state index contributed by atoms with van der Waals surface area (Å²) in [5.41, 5.74) is 0. The van der Waals surface area contributed by atoms with Crippen molar-refractivity contribution in [2.45, 2.75) is 63.5 Å². The molecule has 1 aliphatic heterocycles. The summed E-state index contributed by atoms with van der Waals surface area (Å²) >= 11 is 0. The average Bonchev–Trinajstić information content (AvgIpc) is 2.43. The fourth-order valence-corrected chi connectivity index (χ4v) is 5.96. The van der Waals surface area contributed by atoms with Gasteiger partial charge in [-0.25, -0.2) is 0 Å². The number of hydrogen-bond donors (Lipinski definition) is 1. The Labute approximate surface area is 136 Å². The van der Waals surface area contributed by atoms with Crippen LogP contribution in [0.4, 0.5) is 0 Å². The van der Waals surface area contributed by atoms with Crippen molar-refractivity contribution in [2.24, 2.45) is 0 Å². The number of ketones is 2. The molecular formula is C15H27O5S2+. The summed E-state index contributed by atoms with van der Waals surface area (Å²) < 4.78 is 30.5. The van der Waals surface area contributed by atoms with Crippen molar-refractivity contribution in [2.75, 3.05) is 17.3 Å². The summed E-state index contributed by atoms with van der Waals surface area (Å²) in [6.45, 7) is 2.05. The molecule has 0 aromatic heterocycles. The summed E-state index contributed by atoms with van der Waals surface area (Å²) in [5.74, 6) is 1.94. The molecule has 1 unspecified atom stereocenters. The Balaban J connectivity index is 2.55. The first-order chi connectivity index (χ1) is 10.3. The van der Waals surface area contributed by atoms with Crippen LogP contribution in [0.25, 0.3) is 0 Å². The second-order valence-corrected chi connectivity index (χ2v) is 10.0. The minimum atomic E-state index is -3.94. The fourth-order valence-electron chi connectivity index (χ4n) is 2.66. The summed E-state index contributed by atoms with van der Waals surface area (Å²) in [7, 11) is -3.91. The smallest absolute Gasteiger partial charge is 0.264 e. The molecule has 0 aromatic rings. The predicted molar refractivity (Wildman–Crippen MR) is 89.9 cm³/mol. The minimum absolute atomic E-state index is 0.0244. The van der Waals surface area contributed by atoms with Gasteiger partial charge in [-0.15, -0.1) is 0 Å². The van der Waals surface area contributed by atoms with Crippen molar-refractivity contribution in [3.05, 3.63) is 0 Å². The van der Waals surface area contributed by atoms with E-state index in [0.29, 0.717) is 38.5 Å². The van der Waals surface area contributed by atoms with Gasteiger partial charge >= 0.3 is 0 Å². The first-order valence-electron chi connectivity index (χ1n) is 7.96. The van der Waals surface area contributed by atoms with E-state index >= 15 is 0 Å². The van der Waals surface area contributed by atoms with E-state index in [4.69, 9.17) is 4.55 Å². The second kappa shape index (κ2) is 9.67. The van der Waals surface area contributed by atoms with Crippen LogP contribution in [-0.2, 0) is 30.6 Å². The Morgan fingerprint density at radius 1 is 1.27 bits per heavy atom. The topological polar surface area (TPSA) is 88.5 Å². The maximum absolute atomic E-state index is 12.0. The molecule has 0 spiro atoms. The van der Waals surface area contributed by atoms with Gasteiger partial charge in [0.1, 0.15) is 28.3 Å². The molecule has 1 aliphatic rings. The van der Waals surface area contributed by atoms with Crippen LogP contribution in [0.1, 0.15) is 58.3 Å². The van der Waals surface area contributed by atoms with Crippen LogP contribution in [0.15, 0.2) is 0 Å². The minimum Gasteiger partial charge on any atom is -0.300 e. The average molecular weight is 352 g/mol. The van der Waals surface area contributed by atoms with Gasteiger partial charge < -0.3 is 0 Å². The highest BCUT2D eigenvalue weighted by Crippen LogP contribution is 2.23. The monoisotopic (exact) mass is 351 g/mol. The highest BCUT2D eigenvalue weighted by molar-refractivity contribution is 7.97. The van der Waals surface area contributed by atoms with Crippen LogP contribution in [0.2, 0.25) is 0 Å². The third-order valence-corrected chi connectivity index (χ3v) is 7.56. The zero-order chi connectivity index (χ0) is 16.6. The van der Waals surface area contributed by atoms with Gasteiger partial charge in [0.15, 0.2) is 0 Å². The maximum Gasteiger partial charge on any atom is 0.264 e. The molecular weight excluding hydrogens is 324 g/mol. The zero-order valence-electron chi connectivity index (χ0n) is 13.3. The van der Waals surface area contributed by atoms with Crippen molar-refractivity contribution in [3.63, 3.8) is 0 Å². The third-order valence-electron chi connectivity index (χ3n) is 3.95. The molecule has 1 N–H and O–H groups in total. The lowest BCUT2D eigenvalue weighted by Crippen LogP contribution is -2.35. The third kappa shape index (κ3) is 8.29. The molecule has 1 atom stereocenters. The van der Waals surface area contributed by atoms with Crippen molar-refractivity contribution < 1.29 is 22.6 Å². The molecule has 0 aliphatic carbocycles. The van der Waals surface area contributed by atoms with Gasteiger partial charge in [-0.1, -0.05) is 13.3 Å². The zero-order valence-corrected chi connectivity index (χ0v) is 14.9. The Morgan fingerprint density at radius 3 is 2.45 bits per heavy atom. The van der Waals surface area contributed by atoms with Crippen LogP contribution < -0.4 is 0 Å². The van der Waals surface area contributed by atoms with E-state index in [2.05, 4.69) is 0 Å². The SMILES string of the molecule is CCCCC(=O)CC(CCCS(=O)(=O)O)[S+]1CCC(=O)CC1. The standard InChI is InChI=1S/C15H26O5S2/c1-2-3-5-14(17)12-15(6-4-11-22(18,19)20)21-9-7-13(16)8-10-21/h15H,2-12H2,1H3/p+1. The van der Waals surface area contributed by atoms with Crippen LogP contribution >= 0.6 is 0 Å². The number of carbonyl (C=O) groups excluding carboxylic acids is 2. The Bertz CT molecular complexity index is 462. The van der Waals surface area contributed by atoms with Crippen LogP contribution in [0.3, 0.4) is 0 Å². The van der Waals surface area contributed by atoms with E-state index in [0.717, 1.165) is 24.3 Å². The summed E-state index contributed by atoms with van der Waals surface area (Å²) in [6.07, 6.45) is 5.13. The van der Waals surface area contributed by atoms with Crippen molar-refractivity contribution in [3.8, 4) is 0 Å². The van der Waals surface area contributed by atoms with Crippen LogP contribution in [0.5, 0.6) is 0 Å². The van der Waals surface area contributed by atoms with E-state index in [9.17, 15) is 18.0 Å². The van der Waals surface area contributed by atoms with E-state index in [1.165, 1.54) is 0 Å². The second-order valence-electron chi connectivity index (χ2n) is 5.88. The van der Waals surface area contributed by atoms with Crippen molar-refractivity contribution >= 4 is 32.6 Å². The van der Waals surface area contributed by atoms with Gasteiger partial charge in [0.2, 0.25) is 0 Å².